The van der Waals surface area contributed by atoms with Crippen LogP contribution in [0.2, 0.25) is 0 Å². The van der Waals surface area contributed by atoms with E-state index in [9.17, 15) is 44.4 Å². The lowest BCUT2D eigenvalue weighted by atomic mass is 10.0. The third-order valence-corrected chi connectivity index (χ3v) is 4.79. The molecule has 0 aliphatic heterocycles. The summed E-state index contributed by atoms with van der Waals surface area (Å²) in [4.78, 5) is 0. The van der Waals surface area contributed by atoms with E-state index in [1.807, 2.05) is 0 Å². The summed E-state index contributed by atoms with van der Waals surface area (Å²) >= 11 is 0. The van der Waals surface area contributed by atoms with Crippen molar-refractivity contribution in [2.75, 3.05) is 32.1 Å². The van der Waals surface area contributed by atoms with Gasteiger partial charge in [0.15, 0.2) is 0 Å². The Balaban J connectivity index is 0. The van der Waals surface area contributed by atoms with Crippen molar-refractivity contribution in [3.05, 3.63) is 5.21 Å². The van der Waals surface area contributed by atoms with Crippen LogP contribution in [-0.4, -0.2) is 63.2 Å². The topological polar surface area (TPSA) is 92.2 Å². The van der Waals surface area contributed by atoms with Gasteiger partial charge in [-0.2, -0.15) is 26.3 Å². The van der Waals surface area contributed by atoms with Gasteiger partial charge in [0, 0.05) is 6.42 Å². The molecule has 0 bridgehead atoms. The van der Waals surface area contributed by atoms with Crippen molar-refractivity contribution in [2.45, 2.75) is 37.3 Å². The molecule has 0 fully saturated rings. The quantitative estimate of drug-likeness (QED) is 0.296. The zero-order valence-electron chi connectivity index (χ0n) is 13.2. The Kier molecular flexibility index (Phi) is 8.68. The fourth-order valence-electron chi connectivity index (χ4n) is 1.66. The Morgan fingerprint density at radius 3 is 1.62 bits per heavy atom. The monoisotopic (exact) mass is 394 g/mol. The van der Waals surface area contributed by atoms with E-state index in [1.54, 1.807) is 0 Å². The highest BCUT2D eigenvalue weighted by Crippen LogP contribution is 2.48. The van der Waals surface area contributed by atoms with Crippen molar-refractivity contribution >= 4 is 9.84 Å². The summed E-state index contributed by atoms with van der Waals surface area (Å²) in [5.74, 6) is -2.29. The number of sulfone groups is 1. The first-order chi connectivity index (χ1) is 9.91. The molecule has 0 saturated heterocycles. The van der Waals surface area contributed by atoms with E-state index in [4.69, 9.17) is 0 Å². The normalized spacial score (nSPS) is 14.4. The molecule has 0 spiro atoms. The van der Waals surface area contributed by atoms with Gasteiger partial charge in [-0.25, -0.2) is 12.8 Å². The molecular formula is C11H21F7N2O3S. The van der Waals surface area contributed by atoms with Gasteiger partial charge in [0.05, 0.1) is 32.1 Å². The molecule has 13 heteroatoms. The minimum atomic E-state index is -6.26. The maximum absolute atomic E-state index is 13.3. The number of unbranched alkanes of at least 4 members (excludes halogenated alkanes) is 1. The van der Waals surface area contributed by atoms with E-state index in [0.717, 1.165) is 0 Å². The molecule has 0 aromatic heterocycles. The summed E-state index contributed by atoms with van der Waals surface area (Å²) < 4.78 is 109. The Morgan fingerprint density at radius 1 is 0.875 bits per heavy atom. The number of hydroxylamine groups is 3. The average molecular weight is 394 g/mol. The lowest BCUT2D eigenvalue weighted by molar-refractivity contribution is -0.840. The molecule has 0 amide bonds. The maximum atomic E-state index is 13.3. The van der Waals surface area contributed by atoms with Crippen LogP contribution in [0.4, 0.5) is 30.7 Å². The van der Waals surface area contributed by atoms with Crippen LogP contribution in [0.1, 0.15) is 19.3 Å². The van der Waals surface area contributed by atoms with Crippen LogP contribution >= 0.6 is 0 Å². The van der Waals surface area contributed by atoms with Crippen molar-refractivity contribution in [3.63, 3.8) is 0 Å². The first-order valence-electron chi connectivity index (χ1n) is 6.48. The Morgan fingerprint density at radius 2 is 1.29 bits per heavy atom. The highest BCUT2D eigenvalue weighted by Gasteiger charge is 2.72. The Bertz CT molecular complexity index is 469. The number of alkyl halides is 7. The number of rotatable bonds is 8. The van der Waals surface area contributed by atoms with Gasteiger partial charge in [-0.3, -0.25) is 0 Å². The van der Waals surface area contributed by atoms with E-state index in [-0.39, 0.29) is 25.5 Å². The fourth-order valence-corrected chi connectivity index (χ4v) is 3.10. The standard InChI is InChI=1S/C11H18F7NO3S.H3N/c1-19(2,20)6-3-4-7-23(21,22)8-5-9(12,10(13,14)15)11(16,17)18;/h3-8H2,1-2H3;1H3. The molecule has 5 nitrogen and oxygen atoms in total. The van der Waals surface area contributed by atoms with Crippen LogP contribution in [0.15, 0.2) is 0 Å². The Labute approximate surface area is 135 Å². The van der Waals surface area contributed by atoms with Gasteiger partial charge in [0.2, 0.25) is 0 Å². The number of quaternary nitrogens is 1. The van der Waals surface area contributed by atoms with Crippen LogP contribution in [-0.2, 0) is 9.84 Å². The van der Waals surface area contributed by atoms with E-state index >= 15 is 0 Å². The third kappa shape index (κ3) is 7.94. The number of halogens is 7. The van der Waals surface area contributed by atoms with E-state index in [0.29, 0.717) is 0 Å². The lowest BCUT2D eigenvalue weighted by Crippen LogP contribution is -2.54. The molecule has 0 atom stereocenters. The number of hydrogen-bond donors (Lipinski definition) is 1. The highest BCUT2D eigenvalue weighted by molar-refractivity contribution is 7.91. The molecule has 3 N–H and O–H groups in total. The molecule has 0 aliphatic carbocycles. The van der Waals surface area contributed by atoms with Crippen molar-refractivity contribution in [2.24, 2.45) is 0 Å². The molecule has 0 radical (unpaired) electrons. The Hall–Kier alpha value is -0.660. The van der Waals surface area contributed by atoms with E-state index < -0.39 is 50.4 Å². The van der Waals surface area contributed by atoms with Crippen molar-refractivity contribution in [1.82, 2.24) is 6.15 Å². The van der Waals surface area contributed by atoms with Crippen LogP contribution in [0.5, 0.6) is 0 Å². The van der Waals surface area contributed by atoms with Gasteiger partial charge >= 0.3 is 12.4 Å². The second-order valence-corrected chi connectivity index (χ2v) is 8.01. The summed E-state index contributed by atoms with van der Waals surface area (Å²) in [5.41, 5.74) is -5.57. The van der Waals surface area contributed by atoms with Crippen LogP contribution in [0, 0.1) is 5.21 Å². The van der Waals surface area contributed by atoms with E-state index in [2.05, 4.69) is 0 Å². The summed E-state index contributed by atoms with van der Waals surface area (Å²) in [7, 11) is -1.72. The zero-order chi connectivity index (χ0) is 18.7. The first kappa shape index (κ1) is 25.6. The van der Waals surface area contributed by atoms with Gasteiger partial charge in [0.1, 0.15) is 9.84 Å². The van der Waals surface area contributed by atoms with Gasteiger partial charge in [-0.1, -0.05) is 0 Å². The second kappa shape index (κ2) is 8.15. The van der Waals surface area contributed by atoms with Gasteiger partial charge in [-0.15, -0.1) is 0 Å². The van der Waals surface area contributed by atoms with Crippen molar-refractivity contribution < 1.29 is 43.8 Å². The summed E-state index contributed by atoms with van der Waals surface area (Å²) in [5, 5.41) is 11.2. The van der Waals surface area contributed by atoms with Gasteiger partial charge in [-0.05, 0) is 12.8 Å². The third-order valence-electron chi connectivity index (χ3n) is 3.06. The van der Waals surface area contributed by atoms with E-state index in [1.165, 1.54) is 14.1 Å². The lowest BCUT2D eigenvalue weighted by Gasteiger charge is -2.33. The maximum Gasteiger partial charge on any atom is 0.431 e. The molecule has 0 heterocycles. The predicted octanol–water partition coefficient (Wildman–Crippen LogP) is 3.14. The number of nitrogens with zero attached hydrogens (tertiary/aromatic N) is 1. The van der Waals surface area contributed by atoms with Crippen LogP contribution in [0.25, 0.3) is 0 Å². The van der Waals surface area contributed by atoms with Gasteiger partial charge in [0.25, 0.3) is 5.67 Å². The second-order valence-electron chi connectivity index (χ2n) is 5.70. The molecule has 0 aromatic rings. The highest BCUT2D eigenvalue weighted by atomic mass is 32.2. The zero-order valence-corrected chi connectivity index (χ0v) is 14.0. The molecule has 0 saturated carbocycles. The molecular weight excluding hydrogens is 373 g/mol. The minimum Gasteiger partial charge on any atom is -0.633 e. The molecule has 24 heavy (non-hydrogen) atoms. The summed E-state index contributed by atoms with van der Waals surface area (Å²) in [6.07, 6.45) is -14.8. The largest absolute Gasteiger partial charge is 0.633 e. The first-order valence-corrected chi connectivity index (χ1v) is 8.30. The average Bonchev–Trinajstić information content (AvgIpc) is 2.28. The summed E-state index contributed by atoms with van der Waals surface area (Å²) in [6.45, 7) is 0.0354. The predicted molar refractivity (Wildman–Crippen MR) is 73.8 cm³/mol. The minimum absolute atomic E-state index is 0. The van der Waals surface area contributed by atoms with Crippen LogP contribution in [0.3, 0.4) is 0 Å². The SMILES string of the molecule is C[N+](C)([O-])CCCCS(=O)(=O)CCC(F)(C(F)(F)F)C(F)(F)F.N. The molecule has 0 rings (SSSR count). The smallest absolute Gasteiger partial charge is 0.431 e. The molecule has 0 aromatic carbocycles. The van der Waals surface area contributed by atoms with Crippen molar-refractivity contribution in [3.8, 4) is 0 Å². The van der Waals surface area contributed by atoms with Gasteiger partial charge < -0.3 is 16.0 Å². The molecule has 0 unspecified atom stereocenters. The molecule has 148 valence electrons. The van der Waals surface area contributed by atoms with Crippen molar-refractivity contribution in [1.29, 1.82) is 0 Å². The summed E-state index contributed by atoms with van der Waals surface area (Å²) in [6, 6.07) is 0. The van der Waals surface area contributed by atoms with Crippen LogP contribution < -0.4 is 6.15 Å². The molecule has 0 aliphatic rings. The fraction of sp³-hybridized carbons (Fsp3) is 1.00. The number of hydrogen-bond acceptors (Lipinski definition) is 4.